The highest BCUT2D eigenvalue weighted by atomic mass is 16.6. The fourth-order valence-corrected chi connectivity index (χ4v) is 2.89. The van der Waals surface area contributed by atoms with Gasteiger partial charge in [-0.25, -0.2) is 4.79 Å². The number of nitrogens with zero attached hydrogens (tertiary/aromatic N) is 1. The molecule has 24 heavy (non-hydrogen) atoms. The van der Waals surface area contributed by atoms with E-state index < -0.39 is 5.60 Å². The summed E-state index contributed by atoms with van der Waals surface area (Å²) in [6, 6.07) is 8.89. The van der Waals surface area contributed by atoms with Crippen LogP contribution >= 0.6 is 0 Å². The Balaban J connectivity index is 1.94. The van der Waals surface area contributed by atoms with Gasteiger partial charge in [0.05, 0.1) is 0 Å². The summed E-state index contributed by atoms with van der Waals surface area (Å²) in [7, 11) is 0. The number of anilines is 1. The van der Waals surface area contributed by atoms with Gasteiger partial charge in [-0.15, -0.1) is 0 Å². The summed E-state index contributed by atoms with van der Waals surface area (Å²) in [5.41, 5.74) is 2.16. The first-order valence-electron chi connectivity index (χ1n) is 8.89. The van der Waals surface area contributed by atoms with E-state index in [1.165, 1.54) is 5.56 Å². The summed E-state index contributed by atoms with van der Waals surface area (Å²) >= 11 is 0. The Hall–Kier alpha value is -1.71. The van der Waals surface area contributed by atoms with Crippen LogP contribution in [0, 0.1) is 0 Å². The maximum atomic E-state index is 12.2. The lowest BCUT2D eigenvalue weighted by atomic mass is 9.87. The van der Waals surface area contributed by atoms with Gasteiger partial charge in [0.25, 0.3) is 0 Å². The lowest BCUT2D eigenvalue weighted by Gasteiger charge is -2.35. The third kappa shape index (κ3) is 5.43. The molecule has 1 saturated heterocycles. The monoisotopic (exact) mass is 332 g/mol. The summed E-state index contributed by atoms with van der Waals surface area (Å²) in [6.45, 7) is 13.8. The maximum absolute atomic E-state index is 12.2. The molecule has 0 aromatic heterocycles. The molecular weight excluding hydrogens is 300 g/mol. The fraction of sp³-hybridized carbons (Fsp3) is 0.650. The minimum Gasteiger partial charge on any atom is -0.444 e. The van der Waals surface area contributed by atoms with E-state index in [-0.39, 0.29) is 17.6 Å². The third-order valence-electron chi connectivity index (χ3n) is 4.19. The average Bonchev–Trinajstić information content (AvgIpc) is 2.45. The Bertz CT molecular complexity index is 552. The predicted molar refractivity (Wildman–Crippen MR) is 99.6 cm³/mol. The molecule has 0 saturated carbocycles. The van der Waals surface area contributed by atoms with E-state index in [0.29, 0.717) is 6.54 Å². The molecule has 1 amide bonds. The Morgan fingerprint density at radius 3 is 2.29 bits per heavy atom. The molecule has 1 atom stereocenters. The van der Waals surface area contributed by atoms with Crippen molar-refractivity contribution in [1.82, 2.24) is 4.90 Å². The van der Waals surface area contributed by atoms with Crippen molar-refractivity contribution >= 4 is 11.8 Å². The van der Waals surface area contributed by atoms with Gasteiger partial charge >= 0.3 is 6.09 Å². The number of hydrogen-bond donors (Lipinski definition) is 1. The highest BCUT2D eigenvalue weighted by Gasteiger charge is 2.27. The molecule has 0 bridgehead atoms. The topological polar surface area (TPSA) is 41.6 Å². The van der Waals surface area contributed by atoms with Crippen molar-refractivity contribution in [2.24, 2.45) is 0 Å². The number of piperidine rings is 1. The molecule has 1 aromatic rings. The summed E-state index contributed by atoms with van der Waals surface area (Å²) in [5, 5.41) is 3.56. The zero-order valence-electron chi connectivity index (χ0n) is 16.0. The van der Waals surface area contributed by atoms with Gasteiger partial charge < -0.3 is 15.0 Å². The van der Waals surface area contributed by atoms with Gasteiger partial charge in [-0.3, -0.25) is 0 Å². The van der Waals surface area contributed by atoms with E-state index in [1.807, 2.05) is 25.7 Å². The number of nitrogens with one attached hydrogen (secondary N) is 1. The summed E-state index contributed by atoms with van der Waals surface area (Å²) in [5.74, 6) is 0. The van der Waals surface area contributed by atoms with Crippen LogP contribution in [0.15, 0.2) is 24.3 Å². The zero-order chi connectivity index (χ0) is 18.0. The number of rotatable bonds is 2. The van der Waals surface area contributed by atoms with Crippen molar-refractivity contribution in [1.29, 1.82) is 0 Å². The van der Waals surface area contributed by atoms with Crippen LogP contribution in [0.1, 0.15) is 59.9 Å². The first-order chi connectivity index (χ1) is 11.0. The maximum Gasteiger partial charge on any atom is 0.410 e. The van der Waals surface area contributed by atoms with Gasteiger partial charge in [0.1, 0.15) is 5.60 Å². The Labute approximate surface area is 146 Å². The largest absolute Gasteiger partial charge is 0.444 e. The SMILES string of the molecule is CC(C)(C)OC(=O)N1CCCC(Nc2ccc(C(C)(C)C)cc2)C1. The second kappa shape index (κ2) is 7.04. The van der Waals surface area contributed by atoms with Gasteiger partial charge in [0.15, 0.2) is 0 Å². The number of benzene rings is 1. The number of ether oxygens (including phenoxy) is 1. The Kier molecular flexibility index (Phi) is 5.46. The predicted octanol–water partition coefficient (Wildman–Crippen LogP) is 4.80. The highest BCUT2D eigenvalue weighted by Crippen LogP contribution is 2.24. The quantitative estimate of drug-likeness (QED) is 0.846. The molecule has 1 aliphatic rings. The minimum absolute atomic E-state index is 0.164. The van der Waals surface area contributed by atoms with Crippen LogP contribution in [0.25, 0.3) is 0 Å². The van der Waals surface area contributed by atoms with E-state index in [4.69, 9.17) is 4.74 Å². The smallest absolute Gasteiger partial charge is 0.410 e. The van der Waals surface area contributed by atoms with E-state index in [0.717, 1.165) is 25.1 Å². The van der Waals surface area contributed by atoms with Crippen LogP contribution in [-0.2, 0) is 10.2 Å². The molecule has 1 fully saturated rings. The van der Waals surface area contributed by atoms with Crippen LogP contribution in [0.3, 0.4) is 0 Å². The Morgan fingerprint density at radius 2 is 1.75 bits per heavy atom. The average molecular weight is 332 g/mol. The minimum atomic E-state index is -0.444. The van der Waals surface area contributed by atoms with Crippen LogP contribution in [0.5, 0.6) is 0 Å². The van der Waals surface area contributed by atoms with Crippen molar-refractivity contribution in [2.45, 2.75) is 71.4 Å². The van der Waals surface area contributed by atoms with E-state index in [2.05, 4.69) is 50.4 Å². The van der Waals surface area contributed by atoms with Gasteiger partial charge in [-0.2, -0.15) is 0 Å². The Morgan fingerprint density at radius 1 is 1.12 bits per heavy atom. The lowest BCUT2D eigenvalue weighted by molar-refractivity contribution is 0.0206. The molecule has 1 aliphatic heterocycles. The van der Waals surface area contributed by atoms with Crippen LogP contribution in [0.2, 0.25) is 0 Å². The second-order valence-corrected chi connectivity index (χ2v) is 8.74. The van der Waals surface area contributed by atoms with Gasteiger partial charge in [0, 0.05) is 24.8 Å². The summed E-state index contributed by atoms with van der Waals surface area (Å²) in [6.07, 6.45) is 1.86. The van der Waals surface area contributed by atoms with Crippen molar-refractivity contribution in [2.75, 3.05) is 18.4 Å². The van der Waals surface area contributed by atoms with Crippen molar-refractivity contribution < 1.29 is 9.53 Å². The van der Waals surface area contributed by atoms with Crippen LogP contribution in [-0.4, -0.2) is 35.7 Å². The zero-order valence-corrected chi connectivity index (χ0v) is 16.0. The number of likely N-dealkylation sites (tertiary alicyclic amines) is 1. The van der Waals surface area contributed by atoms with Crippen LogP contribution in [0.4, 0.5) is 10.5 Å². The summed E-state index contributed by atoms with van der Waals surface area (Å²) in [4.78, 5) is 14.1. The molecular formula is C20H32N2O2. The molecule has 1 aromatic carbocycles. The second-order valence-electron chi connectivity index (χ2n) is 8.74. The van der Waals surface area contributed by atoms with Crippen molar-refractivity contribution in [3.05, 3.63) is 29.8 Å². The lowest BCUT2D eigenvalue weighted by Crippen LogP contribution is -2.46. The van der Waals surface area contributed by atoms with E-state index in [9.17, 15) is 4.79 Å². The van der Waals surface area contributed by atoms with Gasteiger partial charge in [0.2, 0.25) is 0 Å². The number of carbonyl (C=O) groups is 1. The molecule has 0 radical (unpaired) electrons. The fourth-order valence-electron chi connectivity index (χ4n) is 2.89. The first-order valence-corrected chi connectivity index (χ1v) is 8.89. The van der Waals surface area contributed by atoms with E-state index >= 15 is 0 Å². The summed E-state index contributed by atoms with van der Waals surface area (Å²) < 4.78 is 5.49. The molecule has 2 rings (SSSR count). The molecule has 4 nitrogen and oxygen atoms in total. The third-order valence-corrected chi connectivity index (χ3v) is 4.19. The number of carbonyl (C=O) groups excluding carboxylic acids is 1. The molecule has 1 heterocycles. The van der Waals surface area contributed by atoms with Crippen molar-refractivity contribution in [3.8, 4) is 0 Å². The number of hydrogen-bond acceptors (Lipinski definition) is 3. The van der Waals surface area contributed by atoms with Crippen LogP contribution < -0.4 is 5.32 Å². The van der Waals surface area contributed by atoms with Gasteiger partial charge in [-0.1, -0.05) is 32.9 Å². The van der Waals surface area contributed by atoms with E-state index in [1.54, 1.807) is 0 Å². The van der Waals surface area contributed by atoms with Gasteiger partial charge in [-0.05, 0) is 56.7 Å². The highest BCUT2D eigenvalue weighted by molar-refractivity contribution is 5.68. The molecule has 1 N–H and O–H groups in total. The molecule has 0 aliphatic carbocycles. The molecule has 134 valence electrons. The first kappa shape index (κ1) is 18.6. The molecule has 1 unspecified atom stereocenters. The van der Waals surface area contributed by atoms with Crippen molar-refractivity contribution in [3.63, 3.8) is 0 Å². The molecule has 4 heteroatoms. The molecule has 0 spiro atoms. The normalized spacial score (nSPS) is 19.1. The standard InChI is InChI=1S/C20H32N2O2/c1-19(2,3)15-9-11-16(12-10-15)21-17-8-7-13-22(14-17)18(23)24-20(4,5)6/h9-12,17,21H,7-8,13-14H2,1-6H3. The number of amides is 1.